The zero-order valence-corrected chi connectivity index (χ0v) is 19.2. The van der Waals surface area contributed by atoms with Gasteiger partial charge in [-0.05, 0) is 74.2 Å². The molecular weight excluding hydrogens is 428 g/mol. The number of carbonyl (C=O) groups excluding carboxylic acids is 1. The summed E-state index contributed by atoms with van der Waals surface area (Å²) in [4.78, 5) is 33.4. The molecule has 8 nitrogen and oxygen atoms in total. The van der Waals surface area contributed by atoms with Gasteiger partial charge in [-0.2, -0.15) is 0 Å². The molecule has 1 atom stereocenters. The first-order valence-electron chi connectivity index (χ1n) is 11.3. The fourth-order valence-corrected chi connectivity index (χ4v) is 4.21. The maximum atomic E-state index is 13.8. The summed E-state index contributed by atoms with van der Waals surface area (Å²) >= 11 is 0. The van der Waals surface area contributed by atoms with Crippen molar-refractivity contribution in [1.82, 2.24) is 24.8 Å². The molecule has 1 aliphatic heterocycles. The molecule has 5 rings (SSSR count). The number of hydrogen-bond donors (Lipinski definition) is 1. The van der Waals surface area contributed by atoms with Crippen molar-refractivity contribution < 1.29 is 9.53 Å². The number of pyridine rings is 2. The molecule has 0 unspecified atom stereocenters. The van der Waals surface area contributed by atoms with E-state index in [4.69, 9.17) is 10.5 Å². The highest BCUT2D eigenvalue weighted by molar-refractivity contribution is 5.98. The van der Waals surface area contributed by atoms with Crippen LogP contribution in [0.25, 0.3) is 10.9 Å². The van der Waals surface area contributed by atoms with Gasteiger partial charge in [-0.1, -0.05) is 0 Å². The molecule has 0 spiro atoms. The molecule has 172 valence electrons. The highest BCUT2D eigenvalue weighted by Crippen LogP contribution is 2.28. The first kappa shape index (κ1) is 21.8. The minimum atomic E-state index is -0.357. The van der Waals surface area contributed by atoms with E-state index in [1.54, 1.807) is 35.6 Å². The van der Waals surface area contributed by atoms with Crippen LogP contribution in [0.5, 0.6) is 5.75 Å². The number of anilines is 1. The first-order chi connectivity index (χ1) is 16.5. The number of fused-ring (bicyclic) bond motifs is 2. The number of nitrogens with zero attached hydrogens (tertiary/aromatic N) is 5. The van der Waals surface area contributed by atoms with Crippen molar-refractivity contribution in [2.75, 3.05) is 12.3 Å². The molecular formula is C26H26N6O2. The molecule has 2 N–H and O–H groups in total. The van der Waals surface area contributed by atoms with Crippen LogP contribution in [-0.4, -0.2) is 37.3 Å². The minimum absolute atomic E-state index is 0.132. The number of aryl methyl sites for hydroxylation is 2. The molecule has 1 aliphatic rings. The largest absolute Gasteiger partial charge is 0.492 e. The van der Waals surface area contributed by atoms with Crippen LogP contribution in [0.2, 0.25) is 0 Å². The van der Waals surface area contributed by atoms with Gasteiger partial charge in [0.1, 0.15) is 17.4 Å². The Morgan fingerprint density at radius 2 is 2.00 bits per heavy atom. The number of nitrogen functional groups attached to an aromatic ring is 1. The molecule has 0 aliphatic carbocycles. The smallest absolute Gasteiger partial charge is 0.254 e. The van der Waals surface area contributed by atoms with Gasteiger partial charge in [0.25, 0.3) is 5.91 Å². The average Bonchev–Trinajstić information content (AvgIpc) is 2.87. The molecule has 8 heteroatoms. The number of nitrogens with two attached hydrogens (primary N) is 1. The van der Waals surface area contributed by atoms with Crippen LogP contribution < -0.4 is 10.5 Å². The van der Waals surface area contributed by atoms with E-state index in [9.17, 15) is 4.79 Å². The van der Waals surface area contributed by atoms with E-state index >= 15 is 0 Å². The molecule has 0 radical (unpaired) electrons. The lowest BCUT2D eigenvalue weighted by atomic mass is 10.1. The third-order valence-electron chi connectivity index (χ3n) is 6.16. The molecule has 4 aromatic rings. The molecule has 4 heterocycles. The van der Waals surface area contributed by atoms with Crippen molar-refractivity contribution in [2.24, 2.45) is 0 Å². The number of aromatic nitrogens is 4. The van der Waals surface area contributed by atoms with E-state index in [0.717, 1.165) is 46.3 Å². The summed E-state index contributed by atoms with van der Waals surface area (Å²) in [7, 11) is 0. The number of benzene rings is 1. The predicted octanol–water partition coefficient (Wildman–Crippen LogP) is 4.04. The zero-order valence-electron chi connectivity index (χ0n) is 19.2. The summed E-state index contributed by atoms with van der Waals surface area (Å²) < 4.78 is 5.70. The Hall–Kier alpha value is -4.07. The number of carbonyl (C=O) groups is 1. The topological polar surface area (TPSA) is 107 Å². The Balaban J connectivity index is 1.51. The van der Waals surface area contributed by atoms with Crippen LogP contribution in [0.1, 0.15) is 52.4 Å². The summed E-state index contributed by atoms with van der Waals surface area (Å²) in [6.07, 6.45) is 7.04. The Labute approximate surface area is 197 Å². The van der Waals surface area contributed by atoms with E-state index < -0.39 is 0 Å². The molecule has 1 aromatic carbocycles. The summed E-state index contributed by atoms with van der Waals surface area (Å²) in [5.74, 6) is 1.75. The monoisotopic (exact) mass is 454 g/mol. The van der Waals surface area contributed by atoms with Gasteiger partial charge in [0.2, 0.25) is 0 Å². The van der Waals surface area contributed by atoms with E-state index in [0.29, 0.717) is 30.4 Å². The van der Waals surface area contributed by atoms with Crippen LogP contribution >= 0.6 is 0 Å². The van der Waals surface area contributed by atoms with Gasteiger partial charge in [0.15, 0.2) is 0 Å². The van der Waals surface area contributed by atoms with Gasteiger partial charge in [0.05, 0.1) is 36.6 Å². The number of amides is 1. The standard InChI is InChI=1S/C26H26N6O2/c1-16-11-20-12-19(6-7-22(20)31-24(16)27)26(33)32(17(2)25-28-8-4-9-29-25)15-21-13-18-5-3-10-34-23(18)14-30-21/h4,6-9,11-14,17H,3,5,10,15H2,1-2H3,(H2,27,31)/t17-/m0/s1. The van der Waals surface area contributed by atoms with Crippen LogP contribution in [0.4, 0.5) is 5.82 Å². The Morgan fingerprint density at radius 1 is 1.18 bits per heavy atom. The maximum absolute atomic E-state index is 13.8. The second kappa shape index (κ2) is 9.05. The highest BCUT2D eigenvalue weighted by Gasteiger charge is 2.26. The SMILES string of the molecule is Cc1cc2cc(C(=O)N(Cc3cc4c(cn3)OCCC4)[C@@H](C)c3ncccn3)ccc2nc1N. The van der Waals surface area contributed by atoms with Gasteiger partial charge in [-0.25, -0.2) is 15.0 Å². The normalized spacial score (nSPS) is 13.7. The van der Waals surface area contributed by atoms with Crippen LogP contribution in [-0.2, 0) is 13.0 Å². The number of rotatable bonds is 5. The Bertz CT molecular complexity index is 1360. The highest BCUT2D eigenvalue weighted by atomic mass is 16.5. The number of ether oxygens (including phenoxy) is 1. The van der Waals surface area contributed by atoms with E-state index in [2.05, 4.69) is 19.9 Å². The van der Waals surface area contributed by atoms with Crippen molar-refractivity contribution >= 4 is 22.6 Å². The van der Waals surface area contributed by atoms with Gasteiger partial charge >= 0.3 is 0 Å². The molecule has 0 saturated carbocycles. The summed E-state index contributed by atoms with van der Waals surface area (Å²) in [5, 5.41) is 0.866. The first-order valence-corrected chi connectivity index (χ1v) is 11.3. The van der Waals surface area contributed by atoms with Gasteiger partial charge in [-0.3, -0.25) is 9.78 Å². The van der Waals surface area contributed by atoms with Crippen molar-refractivity contribution in [3.8, 4) is 5.75 Å². The summed E-state index contributed by atoms with van der Waals surface area (Å²) in [6, 6.07) is 10.9. The molecule has 0 bridgehead atoms. The average molecular weight is 455 g/mol. The Kier molecular flexibility index (Phi) is 5.79. The fraction of sp³-hybridized carbons (Fsp3) is 0.269. The van der Waals surface area contributed by atoms with Crippen molar-refractivity contribution in [3.05, 3.63) is 83.2 Å². The van der Waals surface area contributed by atoms with Gasteiger partial charge < -0.3 is 15.4 Å². The minimum Gasteiger partial charge on any atom is -0.492 e. The molecule has 1 amide bonds. The lowest BCUT2D eigenvalue weighted by Crippen LogP contribution is -2.34. The lowest BCUT2D eigenvalue weighted by Gasteiger charge is -2.29. The Morgan fingerprint density at radius 3 is 2.82 bits per heavy atom. The number of hydrogen-bond acceptors (Lipinski definition) is 7. The summed E-state index contributed by atoms with van der Waals surface area (Å²) in [5.41, 5.74) is 10.1. The zero-order chi connectivity index (χ0) is 23.7. The van der Waals surface area contributed by atoms with Crippen molar-refractivity contribution in [1.29, 1.82) is 0 Å². The summed E-state index contributed by atoms with van der Waals surface area (Å²) in [6.45, 7) is 4.87. The lowest BCUT2D eigenvalue weighted by molar-refractivity contribution is 0.0663. The quantitative estimate of drug-likeness (QED) is 0.485. The molecule has 0 fully saturated rings. The fourth-order valence-electron chi connectivity index (χ4n) is 4.21. The third kappa shape index (κ3) is 4.26. The van der Waals surface area contributed by atoms with Crippen LogP contribution in [0.15, 0.2) is 55.0 Å². The third-order valence-corrected chi connectivity index (χ3v) is 6.16. The predicted molar refractivity (Wildman–Crippen MR) is 129 cm³/mol. The molecule has 0 saturated heterocycles. The maximum Gasteiger partial charge on any atom is 0.254 e. The van der Waals surface area contributed by atoms with Gasteiger partial charge in [0, 0.05) is 23.3 Å². The van der Waals surface area contributed by atoms with Crippen molar-refractivity contribution in [3.63, 3.8) is 0 Å². The second-order valence-corrected chi connectivity index (χ2v) is 8.55. The van der Waals surface area contributed by atoms with E-state index in [1.807, 2.05) is 38.1 Å². The van der Waals surface area contributed by atoms with Gasteiger partial charge in [-0.15, -0.1) is 0 Å². The van der Waals surface area contributed by atoms with Crippen LogP contribution in [0, 0.1) is 6.92 Å². The van der Waals surface area contributed by atoms with E-state index in [-0.39, 0.29) is 11.9 Å². The molecule has 34 heavy (non-hydrogen) atoms. The van der Waals surface area contributed by atoms with Crippen LogP contribution in [0.3, 0.4) is 0 Å². The molecule has 3 aromatic heterocycles. The van der Waals surface area contributed by atoms with Crippen molar-refractivity contribution in [2.45, 2.75) is 39.3 Å². The van der Waals surface area contributed by atoms with E-state index in [1.165, 1.54) is 0 Å². The second-order valence-electron chi connectivity index (χ2n) is 8.55.